The molecule has 0 radical (unpaired) electrons. The van der Waals surface area contributed by atoms with Crippen LogP contribution in [0, 0.1) is 0 Å². The van der Waals surface area contributed by atoms with Crippen LogP contribution in [0.15, 0.2) is 71.3 Å². The Kier molecular flexibility index (Phi) is 3.56. The smallest absolute Gasteiger partial charge is 0.160 e. The van der Waals surface area contributed by atoms with Crippen molar-refractivity contribution in [3.8, 4) is 0 Å². The van der Waals surface area contributed by atoms with Gasteiger partial charge in [-0.3, -0.25) is 0 Å². The van der Waals surface area contributed by atoms with E-state index >= 15 is 0 Å². The van der Waals surface area contributed by atoms with Gasteiger partial charge in [-0.1, -0.05) is 65.8 Å². The molecular weight excluding hydrogens is 264 g/mol. The van der Waals surface area contributed by atoms with Crippen molar-refractivity contribution in [2.75, 3.05) is 0 Å². The topological polar surface area (TPSA) is 72.3 Å². The van der Waals surface area contributed by atoms with Crippen LogP contribution in [-0.2, 0) is 12.1 Å². The molecule has 1 heterocycles. The molecule has 3 N–H and O–H groups in total. The van der Waals surface area contributed by atoms with Gasteiger partial charge in [0.05, 0.1) is 6.54 Å². The van der Waals surface area contributed by atoms with Crippen molar-refractivity contribution in [3.05, 3.63) is 89.3 Å². The summed E-state index contributed by atoms with van der Waals surface area (Å²) in [5.41, 5.74) is 6.10. The van der Waals surface area contributed by atoms with Crippen molar-refractivity contribution in [2.24, 2.45) is 5.73 Å². The van der Waals surface area contributed by atoms with E-state index in [1.165, 1.54) is 0 Å². The molecule has 0 aliphatic heterocycles. The van der Waals surface area contributed by atoms with Gasteiger partial charge in [-0.05, 0) is 11.1 Å². The standard InChI is InChI=1S/C17H16N2O2/c18-12-15-11-16(19-21-15)17(20,13-7-3-1-4-8-13)14-9-5-2-6-10-14/h1-11,20H,12,18H2. The number of nitrogens with zero attached hydrogens (tertiary/aromatic N) is 1. The van der Waals surface area contributed by atoms with Gasteiger partial charge in [-0.25, -0.2) is 0 Å². The fourth-order valence-electron chi connectivity index (χ4n) is 2.40. The Bertz CT molecular complexity index is 668. The molecule has 0 unspecified atom stereocenters. The van der Waals surface area contributed by atoms with Crippen LogP contribution in [0.1, 0.15) is 22.6 Å². The third-order valence-corrected chi connectivity index (χ3v) is 3.51. The van der Waals surface area contributed by atoms with Crippen molar-refractivity contribution in [3.63, 3.8) is 0 Å². The molecule has 0 fully saturated rings. The summed E-state index contributed by atoms with van der Waals surface area (Å²) >= 11 is 0. The van der Waals surface area contributed by atoms with Crippen LogP contribution in [0.2, 0.25) is 0 Å². The molecule has 0 aliphatic rings. The minimum absolute atomic E-state index is 0.243. The van der Waals surface area contributed by atoms with E-state index < -0.39 is 5.60 Å². The van der Waals surface area contributed by atoms with Gasteiger partial charge in [0, 0.05) is 6.07 Å². The molecule has 3 aromatic rings. The summed E-state index contributed by atoms with van der Waals surface area (Å²) in [6.45, 7) is 0.243. The van der Waals surface area contributed by atoms with Crippen molar-refractivity contribution in [1.29, 1.82) is 0 Å². The van der Waals surface area contributed by atoms with E-state index in [4.69, 9.17) is 10.3 Å². The van der Waals surface area contributed by atoms with Crippen LogP contribution < -0.4 is 5.73 Å². The first-order valence-electron chi connectivity index (χ1n) is 6.74. The molecule has 0 atom stereocenters. The van der Waals surface area contributed by atoms with Gasteiger partial charge in [0.15, 0.2) is 11.4 Å². The van der Waals surface area contributed by atoms with Gasteiger partial charge in [0.25, 0.3) is 0 Å². The van der Waals surface area contributed by atoms with Gasteiger partial charge in [-0.15, -0.1) is 0 Å². The maximum Gasteiger partial charge on any atom is 0.160 e. The Morgan fingerprint density at radius 1 is 0.952 bits per heavy atom. The Morgan fingerprint density at radius 2 is 1.48 bits per heavy atom. The Balaban J connectivity index is 2.20. The van der Waals surface area contributed by atoms with Crippen LogP contribution in [0.3, 0.4) is 0 Å². The summed E-state index contributed by atoms with van der Waals surface area (Å²) in [7, 11) is 0. The summed E-state index contributed by atoms with van der Waals surface area (Å²) in [5, 5.41) is 15.4. The molecule has 3 rings (SSSR count). The van der Waals surface area contributed by atoms with Crippen molar-refractivity contribution in [1.82, 2.24) is 5.16 Å². The molecule has 0 aliphatic carbocycles. The van der Waals surface area contributed by atoms with Crippen molar-refractivity contribution >= 4 is 0 Å². The average molecular weight is 280 g/mol. The van der Waals surface area contributed by atoms with E-state index in [1.54, 1.807) is 6.07 Å². The van der Waals surface area contributed by atoms with E-state index in [0.29, 0.717) is 11.5 Å². The maximum atomic E-state index is 11.4. The predicted molar refractivity (Wildman–Crippen MR) is 79.4 cm³/mol. The third kappa shape index (κ3) is 2.35. The summed E-state index contributed by atoms with van der Waals surface area (Å²) in [4.78, 5) is 0. The van der Waals surface area contributed by atoms with E-state index in [1.807, 2.05) is 60.7 Å². The molecule has 0 amide bonds. The molecule has 0 saturated heterocycles. The monoisotopic (exact) mass is 280 g/mol. The molecule has 4 heteroatoms. The largest absolute Gasteiger partial charge is 0.374 e. The SMILES string of the molecule is NCc1cc(C(O)(c2ccccc2)c2ccccc2)no1. The normalized spacial score (nSPS) is 11.5. The highest BCUT2D eigenvalue weighted by molar-refractivity contribution is 5.44. The first-order valence-corrected chi connectivity index (χ1v) is 6.74. The molecule has 1 aromatic heterocycles. The minimum atomic E-state index is -1.36. The van der Waals surface area contributed by atoms with Gasteiger partial charge >= 0.3 is 0 Å². The number of aliphatic hydroxyl groups is 1. The van der Waals surface area contributed by atoms with Crippen LogP contribution >= 0.6 is 0 Å². The zero-order chi connectivity index (χ0) is 14.7. The predicted octanol–water partition coefficient (Wildman–Crippen LogP) is 2.42. The second-order valence-electron chi connectivity index (χ2n) is 4.83. The van der Waals surface area contributed by atoms with E-state index in [9.17, 15) is 5.11 Å². The number of benzene rings is 2. The summed E-state index contributed by atoms with van der Waals surface area (Å²) in [6.07, 6.45) is 0. The number of aromatic nitrogens is 1. The molecule has 0 spiro atoms. The fraction of sp³-hybridized carbons (Fsp3) is 0.118. The zero-order valence-corrected chi connectivity index (χ0v) is 11.4. The van der Waals surface area contributed by atoms with E-state index in [2.05, 4.69) is 5.16 Å². The fourth-order valence-corrected chi connectivity index (χ4v) is 2.40. The Labute approximate surface area is 122 Å². The summed E-state index contributed by atoms with van der Waals surface area (Å²) in [6, 6.07) is 20.5. The quantitative estimate of drug-likeness (QED) is 0.770. The van der Waals surface area contributed by atoms with Gasteiger partial charge in [-0.2, -0.15) is 0 Å². The van der Waals surface area contributed by atoms with Crippen LogP contribution in [0.25, 0.3) is 0 Å². The molecule has 0 bridgehead atoms. The lowest BCUT2D eigenvalue weighted by Gasteiger charge is -2.27. The second-order valence-corrected chi connectivity index (χ2v) is 4.83. The average Bonchev–Trinajstić information content (AvgIpc) is 3.05. The summed E-state index contributed by atoms with van der Waals surface area (Å²) < 4.78 is 5.17. The maximum absolute atomic E-state index is 11.4. The van der Waals surface area contributed by atoms with Crippen LogP contribution in [0.4, 0.5) is 0 Å². The van der Waals surface area contributed by atoms with E-state index in [-0.39, 0.29) is 6.54 Å². The number of hydrogen-bond acceptors (Lipinski definition) is 4. The molecule has 2 aromatic carbocycles. The molecule has 4 nitrogen and oxygen atoms in total. The number of nitrogens with two attached hydrogens (primary N) is 1. The lowest BCUT2D eigenvalue weighted by Crippen LogP contribution is -2.29. The second kappa shape index (κ2) is 5.52. The summed E-state index contributed by atoms with van der Waals surface area (Å²) in [5.74, 6) is 0.537. The van der Waals surface area contributed by atoms with Crippen LogP contribution in [-0.4, -0.2) is 10.3 Å². The molecule has 106 valence electrons. The molecule has 0 saturated carbocycles. The van der Waals surface area contributed by atoms with Gasteiger partial charge in [0.1, 0.15) is 5.69 Å². The van der Waals surface area contributed by atoms with Crippen LogP contribution in [0.5, 0.6) is 0 Å². The van der Waals surface area contributed by atoms with Gasteiger partial charge < -0.3 is 15.4 Å². The molecule has 21 heavy (non-hydrogen) atoms. The minimum Gasteiger partial charge on any atom is -0.374 e. The zero-order valence-electron chi connectivity index (χ0n) is 11.4. The van der Waals surface area contributed by atoms with E-state index in [0.717, 1.165) is 11.1 Å². The first kappa shape index (κ1) is 13.5. The first-order chi connectivity index (χ1) is 10.2. The highest BCUT2D eigenvalue weighted by Crippen LogP contribution is 2.35. The number of hydrogen-bond donors (Lipinski definition) is 2. The lowest BCUT2D eigenvalue weighted by molar-refractivity contribution is 0.116. The van der Waals surface area contributed by atoms with Gasteiger partial charge in [0.2, 0.25) is 0 Å². The highest BCUT2D eigenvalue weighted by Gasteiger charge is 2.36. The Hall–Kier alpha value is -2.43. The third-order valence-electron chi connectivity index (χ3n) is 3.51. The molecular formula is C17H16N2O2. The van der Waals surface area contributed by atoms with Crippen molar-refractivity contribution in [2.45, 2.75) is 12.1 Å². The van der Waals surface area contributed by atoms with Crippen molar-refractivity contribution < 1.29 is 9.63 Å². The Morgan fingerprint density at radius 3 is 1.90 bits per heavy atom. The lowest BCUT2D eigenvalue weighted by atomic mass is 9.83. The highest BCUT2D eigenvalue weighted by atomic mass is 16.5. The number of rotatable bonds is 4.